The van der Waals surface area contributed by atoms with Gasteiger partial charge in [-0.15, -0.1) is 0 Å². The van der Waals surface area contributed by atoms with Crippen LogP contribution in [0.1, 0.15) is 18.5 Å². The lowest BCUT2D eigenvalue weighted by atomic mass is 9.96. The number of aromatic nitrogens is 2. The summed E-state index contributed by atoms with van der Waals surface area (Å²) in [6, 6.07) is 9.14. The fraction of sp³-hybridized carbons (Fsp3) is 0.167. The largest absolute Gasteiger partial charge is 0.454 e. The molecule has 1 N–H and O–H groups in total. The number of benzene rings is 2. The van der Waals surface area contributed by atoms with Crippen molar-refractivity contribution in [3.8, 4) is 22.8 Å². The molecule has 1 aromatic heterocycles. The number of ether oxygens (including phenoxy) is 2. The summed E-state index contributed by atoms with van der Waals surface area (Å²) in [6.07, 6.45) is 1.72. The molecule has 3 aromatic rings. The summed E-state index contributed by atoms with van der Waals surface area (Å²) in [5.74, 6) is 1.08. The Hall–Kier alpha value is -2.71. The molecule has 9 heteroatoms. The van der Waals surface area contributed by atoms with E-state index in [0.717, 1.165) is 5.56 Å². The van der Waals surface area contributed by atoms with E-state index in [9.17, 15) is 8.42 Å². The fourth-order valence-corrected chi connectivity index (χ4v) is 5.30. The van der Waals surface area contributed by atoms with E-state index in [2.05, 4.69) is 10.2 Å². The molecule has 2 aromatic carbocycles. The number of H-pyrrole nitrogens is 1. The van der Waals surface area contributed by atoms with Crippen LogP contribution in [0.3, 0.4) is 0 Å². The van der Waals surface area contributed by atoms with E-state index >= 15 is 0 Å². The zero-order valence-electron chi connectivity index (χ0n) is 14.1. The molecule has 0 radical (unpaired) electrons. The van der Waals surface area contributed by atoms with Crippen molar-refractivity contribution in [2.24, 2.45) is 0 Å². The molecular formula is C18H14ClN3O4S. The van der Waals surface area contributed by atoms with Crippen molar-refractivity contribution in [3.63, 3.8) is 0 Å². The Morgan fingerprint density at radius 3 is 2.63 bits per heavy atom. The van der Waals surface area contributed by atoms with Gasteiger partial charge in [0.1, 0.15) is 0 Å². The first-order valence-corrected chi connectivity index (χ1v) is 10.1. The van der Waals surface area contributed by atoms with Crippen LogP contribution in [0.4, 0.5) is 5.69 Å². The van der Waals surface area contributed by atoms with Crippen LogP contribution >= 0.6 is 11.6 Å². The van der Waals surface area contributed by atoms with Gasteiger partial charge in [-0.25, -0.2) is 8.42 Å². The number of aromatic amines is 1. The van der Waals surface area contributed by atoms with Crippen LogP contribution in [0, 0.1) is 0 Å². The van der Waals surface area contributed by atoms with Crippen LogP contribution in [-0.4, -0.2) is 25.4 Å². The summed E-state index contributed by atoms with van der Waals surface area (Å²) in [5, 5.41) is 7.63. The summed E-state index contributed by atoms with van der Waals surface area (Å²) in [7, 11) is -3.84. The van der Waals surface area contributed by atoms with Gasteiger partial charge in [0.2, 0.25) is 6.79 Å². The maximum atomic E-state index is 13.5. The first kappa shape index (κ1) is 16.5. The van der Waals surface area contributed by atoms with Crippen molar-refractivity contribution in [2.45, 2.75) is 17.9 Å². The Morgan fingerprint density at radius 2 is 1.89 bits per heavy atom. The minimum atomic E-state index is -3.84. The molecule has 0 saturated heterocycles. The number of hydrogen-bond donors (Lipinski definition) is 1. The van der Waals surface area contributed by atoms with E-state index in [1.165, 1.54) is 16.4 Å². The highest BCUT2D eigenvalue weighted by Crippen LogP contribution is 2.50. The van der Waals surface area contributed by atoms with Gasteiger partial charge in [-0.05, 0) is 37.3 Å². The number of halogens is 1. The summed E-state index contributed by atoms with van der Waals surface area (Å²) >= 11 is 5.92. The molecular weight excluding hydrogens is 390 g/mol. The highest BCUT2D eigenvalue weighted by molar-refractivity contribution is 7.92. The van der Waals surface area contributed by atoms with Crippen LogP contribution in [0.25, 0.3) is 11.3 Å². The van der Waals surface area contributed by atoms with Gasteiger partial charge >= 0.3 is 0 Å². The minimum absolute atomic E-state index is 0.102. The molecule has 0 fully saturated rings. The Balaban J connectivity index is 1.75. The molecule has 138 valence electrons. The van der Waals surface area contributed by atoms with E-state index in [1.807, 2.05) is 6.92 Å². The van der Waals surface area contributed by atoms with Gasteiger partial charge in [0.25, 0.3) is 10.0 Å². The van der Waals surface area contributed by atoms with Crippen LogP contribution in [0.15, 0.2) is 47.5 Å². The first-order valence-electron chi connectivity index (χ1n) is 8.24. The molecule has 0 saturated carbocycles. The average molecular weight is 404 g/mol. The topological polar surface area (TPSA) is 84.5 Å². The molecule has 0 amide bonds. The smallest absolute Gasteiger partial charge is 0.264 e. The molecule has 0 aliphatic carbocycles. The number of hydrogen-bond acceptors (Lipinski definition) is 5. The lowest BCUT2D eigenvalue weighted by Crippen LogP contribution is -2.36. The SMILES string of the molecule is CC1c2c[nH]nc2-c2cc3c(cc2N1S(=O)(=O)c1ccc(Cl)cc1)OCO3. The van der Waals surface area contributed by atoms with E-state index < -0.39 is 16.1 Å². The van der Waals surface area contributed by atoms with Gasteiger partial charge in [0.05, 0.1) is 22.3 Å². The molecule has 3 heterocycles. The monoisotopic (exact) mass is 403 g/mol. The minimum Gasteiger partial charge on any atom is -0.454 e. The van der Waals surface area contributed by atoms with Crippen LogP contribution in [0.5, 0.6) is 11.5 Å². The molecule has 7 nitrogen and oxygen atoms in total. The number of fused-ring (bicyclic) bond motifs is 4. The van der Waals surface area contributed by atoms with Crippen LogP contribution in [-0.2, 0) is 10.0 Å². The van der Waals surface area contributed by atoms with Gasteiger partial charge in [0.15, 0.2) is 11.5 Å². The number of sulfonamides is 1. The average Bonchev–Trinajstić information content (AvgIpc) is 3.30. The predicted molar refractivity (Wildman–Crippen MR) is 99.7 cm³/mol. The molecule has 2 aliphatic heterocycles. The van der Waals surface area contributed by atoms with Crippen molar-refractivity contribution < 1.29 is 17.9 Å². The Kier molecular flexibility index (Phi) is 3.44. The standard InChI is InChI=1S/C18H14ClN3O4S/c1-10-14-8-20-21-18(14)13-6-16-17(26-9-25-16)7-15(13)22(10)27(23,24)12-4-2-11(19)3-5-12/h2-8,10H,9H2,1H3,(H,20,21). The third-order valence-corrected chi connectivity index (χ3v) is 6.98. The van der Waals surface area contributed by atoms with Gasteiger partial charge in [-0.2, -0.15) is 5.10 Å². The van der Waals surface area contributed by atoms with E-state index in [4.69, 9.17) is 21.1 Å². The lowest BCUT2D eigenvalue weighted by Gasteiger charge is -2.35. The van der Waals surface area contributed by atoms with Gasteiger partial charge < -0.3 is 9.47 Å². The maximum absolute atomic E-state index is 13.5. The van der Waals surface area contributed by atoms with Gasteiger partial charge in [0, 0.05) is 28.4 Å². The summed E-state index contributed by atoms with van der Waals surface area (Å²) in [6.45, 7) is 1.93. The van der Waals surface area contributed by atoms with Crippen molar-refractivity contribution >= 4 is 27.3 Å². The number of rotatable bonds is 2. The molecule has 2 aliphatic rings. The van der Waals surface area contributed by atoms with E-state index in [0.29, 0.717) is 33.5 Å². The molecule has 0 bridgehead atoms. The fourth-order valence-electron chi connectivity index (χ4n) is 3.53. The lowest BCUT2D eigenvalue weighted by molar-refractivity contribution is 0.174. The van der Waals surface area contributed by atoms with Crippen molar-refractivity contribution in [2.75, 3.05) is 11.1 Å². The highest BCUT2D eigenvalue weighted by Gasteiger charge is 2.39. The molecule has 27 heavy (non-hydrogen) atoms. The third kappa shape index (κ3) is 2.33. The Labute approximate surface area is 160 Å². The second-order valence-electron chi connectivity index (χ2n) is 6.34. The zero-order valence-corrected chi connectivity index (χ0v) is 15.7. The highest BCUT2D eigenvalue weighted by atomic mass is 35.5. The maximum Gasteiger partial charge on any atom is 0.264 e. The van der Waals surface area contributed by atoms with Crippen LogP contribution in [0.2, 0.25) is 5.02 Å². The summed E-state index contributed by atoms with van der Waals surface area (Å²) in [5.41, 5.74) is 2.67. The summed E-state index contributed by atoms with van der Waals surface area (Å²) < 4.78 is 39.3. The summed E-state index contributed by atoms with van der Waals surface area (Å²) in [4.78, 5) is 0.161. The van der Waals surface area contributed by atoms with Crippen molar-refractivity contribution in [1.29, 1.82) is 0 Å². The third-order valence-electron chi connectivity index (χ3n) is 4.83. The number of nitrogens with zero attached hydrogens (tertiary/aromatic N) is 2. The quantitative estimate of drug-likeness (QED) is 0.704. The molecule has 1 unspecified atom stereocenters. The predicted octanol–water partition coefficient (Wildman–Crippen LogP) is 3.73. The number of anilines is 1. The second kappa shape index (κ2) is 5.64. The van der Waals surface area contributed by atoms with E-state index in [-0.39, 0.29) is 11.7 Å². The normalized spacial score (nSPS) is 17.6. The number of nitrogens with one attached hydrogen (secondary N) is 1. The van der Waals surface area contributed by atoms with Crippen molar-refractivity contribution in [1.82, 2.24) is 10.2 Å². The molecule has 1 atom stereocenters. The van der Waals surface area contributed by atoms with Crippen LogP contribution < -0.4 is 13.8 Å². The first-order chi connectivity index (χ1) is 13.0. The molecule has 5 rings (SSSR count). The van der Waals surface area contributed by atoms with Gasteiger partial charge in [-0.3, -0.25) is 9.40 Å². The molecule has 0 spiro atoms. The Morgan fingerprint density at radius 1 is 1.19 bits per heavy atom. The van der Waals surface area contributed by atoms with Gasteiger partial charge in [-0.1, -0.05) is 11.6 Å². The van der Waals surface area contributed by atoms with E-state index in [1.54, 1.807) is 30.5 Å². The van der Waals surface area contributed by atoms with Crippen molar-refractivity contribution in [3.05, 3.63) is 53.2 Å². The zero-order chi connectivity index (χ0) is 18.8. The second-order valence-corrected chi connectivity index (χ2v) is 8.59. The Bertz CT molecular complexity index is 1160.